The molecule has 0 aromatic heterocycles. The molecule has 0 aliphatic heterocycles. The van der Waals surface area contributed by atoms with Crippen molar-refractivity contribution in [1.82, 2.24) is 0 Å². The molecule has 0 fully saturated rings. The second kappa shape index (κ2) is 4.74. The van der Waals surface area contributed by atoms with Crippen molar-refractivity contribution < 1.29 is 9.84 Å². The maximum absolute atomic E-state index is 9.09. The Labute approximate surface area is 71.8 Å². The molecule has 66 valence electrons. The minimum Gasteiger partial charge on any atom is -0.508 e. The molecule has 0 radical (unpaired) electrons. The van der Waals surface area contributed by atoms with Crippen LogP contribution in [0.15, 0.2) is 24.3 Å². The highest BCUT2D eigenvalue weighted by Crippen LogP contribution is 2.11. The molecule has 0 saturated heterocycles. The summed E-state index contributed by atoms with van der Waals surface area (Å²) in [6.45, 7) is 1.58. The first kappa shape index (κ1) is 9.03. The highest BCUT2D eigenvalue weighted by atomic mass is 16.5. The van der Waals surface area contributed by atoms with Crippen LogP contribution in [0, 0.1) is 0 Å². The minimum atomic E-state index is 0.267. The molecule has 0 aliphatic rings. The van der Waals surface area contributed by atoms with Gasteiger partial charge in [0.1, 0.15) is 5.75 Å². The van der Waals surface area contributed by atoms with Gasteiger partial charge in [-0.1, -0.05) is 12.1 Å². The standard InChI is InChI=1S/C9H13NO2/c10-4-5-12-7-8-2-1-3-9(11)6-8/h1-3,6,11H,4-5,7,10H2. The molecule has 0 saturated carbocycles. The molecule has 3 nitrogen and oxygen atoms in total. The second-order valence-electron chi connectivity index (χ2n) is 2.51. The number of aromatic hydroxyl groups is 1. The Kier molecular flexibility index (Phi) is 3.57. The third kappa shape index (κ3) is 2.90. The van der Waals surface area contributed by atoms with Gasteiger partial charge in [-0.2, -0.15) is 0 Å². The molecule has 0 amide bonds. The van der Waals surface area contributed by atoms with Gasteiger partial charge in [0.2, 0.25) is 0 Å². The lowest BCUT2D eigenvalue weighted by Crippen LogP contribution is -2.07. The number of phenolic OH excluding ortho intramolecular Hbond substituents is 1. The molecule has 1 aromatic rings. The van der Waals surface area contributed by atoms with E-state index in [1.807, 2.05) is 6.07 Å². The monoisotopic (exact) mass is 167 g/mol. The van der Waals surface area contributed by atoms with Gasteiger partial charge in [0.15, 0.2) is 0 Å². The summed E-state index contributed by atoms with van der Waals surface area (Å²) in [6.07, 6.45) is 0. The molecule has 0 spiro atoms. The number of rotatable bonds is 4. The number of hydrogen-bond acceptors (Lipinski definition) is 3. The molecule has 12 heavy (non-hydrogen) atoms. The lowest BCUT2D eigenvalue weighted by Gasteiger charge is -2.02. The maximum atomic E-state index is 9.09. The number of benzene rings is 1. The normalized spacial score (nSPS) is 10.1. The van der Waals surface area contributed by atoms with Crippen LogP contribution in [0.5, 0.6) is 5.75 Å². The van der Waals surface area contributed by atoms with Crippen molar-refractivity contribution in [1.29, 1.82) is 0 Å². The van der Waals surface area contributed by atoms with Crippen LogP contribution in [-0.2, 0) is 11.3 Å². The average Bonchev–Trinajstić information content (AvgIpc) is 2.05. The summed E-state index contributed by atoms with van der Waals surface area (Å²) in [5.41, 5.74) is 6.21. The van der Waals surface area contributed by atoms with E-state index in [4.69, 9.17) is 15.6 Å². The summed E-state index contributed by atoms with van der Waals surface area (Å²) >= 11 is 0. The predicted molar refractivity (Wildman–Crippen MR) is 46.8 cm³/mol. The zero-order chi connectivity index (χ0) is 8.81. The first-order valence-electron chi connectivity index (χ1n) is 3.88. The van der Waals surface area contributed by atoms with Crippen LogP contribution in [0.3, 0.4) is 0 Å². The fourth-order valence-electron chi connectivity index (χ4n) is 0.920. The van der Waals surface area contributed by atoms with Crippen LogP contribution in [-0.4, -0.2) is 18.3 Å². The Morgan fingerprint density at radius 1 is 1.42 bits per heavy atom. The van der Waals surface area contributed by atoms with Crippen LogP contribution in [0.1, 0.15) is 5.56 Å². The van der Waals surface area contributed by atoms with Crippen molar-refractivity contribution in [3.8, 4) is 5.75 Å². The van der Waals surface area contributed by atoms with Crippen LogP contribution in [0.4, 0.5) is 0 Å². The van der Waals surface area contributed by atoms with Gasteiger partial charge < -0.3 is 15.6 Å². The Balaban J connectivity index is 2.41. The molecule has 1 aromatic carbocycles. The summed E-state index contributed by atoms with van der Waals surface area (Å²) in [7, 11) is 0. The van der Waals surface area contributed by atoms with Crippen molar-refractivity contribution in [2.45, 2.75) is 6.61 Å². The molecular weight excluding hydrogens is 154 g/mol. The van der Waals surface area contributed by atoms with Crippen molar-refractivity contribution >= 4 is 0 Å². The zero-order valence-electron chi connectivity index (χ0n) is 6.86. The Morgan fingerprint density at radius 3 is 2.92 bits per heavy atom. The van der Waals surface area contributed by atoms with Gasteiger partial charge in [0.25, 0.3) is 0 Å². The Bertz CT molecular complexity index is 238. The highest BCUT2D eigenvalue weighted by molar-refractivity contribution is 5.26. The van der Waals surface area contributed by atoms with Crippen molar-refractivity contribution in [2.24, 2.45) is 5.73 Å². The predicted octanol–water partition coefficient (Wildman–Crippen LogP) is 0.867. The molecule has 0 bridgehead atoms. The molecule has 1 rings (SSSR count). The summed E-state index contributed by atoms with van der Waals surface area (Å²) in [6, 6.07) is 7.00. The number of phenols is 1. The topological polar surface area (TPSA) is 55.5 Å². The Morgan fingerprint density at radius 2 is 2.25 bits per heavy atom. The lowest BCUT2D eigenvalue weighted by atomic mass is 10.2. The minimum absolute atomic E-state index is 0.267. The van der Waals surface area contributed by atoms with E-state index >= 15 is 0 Å². The highest BCUT2D eigenvalue weighted by Gasteiger charge is 1.93. The summed E-state index contributed by atoms with van der Waals surface area (Å²) in [4.78, 5) is 0. The van der Waals surface area contributed by atoms with E-state index in [1.54, 1.807) is 18.2 Å². The molecule has 3 N–H and O–H groups in total. The summed E-state index contributed by atoms with van der Waals surface area (Å²) < 4.78 is 5.19. The van der Waals surface area contributed by atoms with Gasteiger partial charge in [0, 0.05) is 6.54 Å². The number of nitrogens with two attached hydrogens (primary N) is 1. The van der Waals surface area contributed by atoms with E-state index in [9.17, 15) is 0 Å². The third-order valence-corrected chi connectivity index (χ3v) is 1.44. The third-order valence-electron chi connectivity index (χ3n) is 1.44. The summed E-state index contributed by atoms with van der Waals surface area (Å²) in [5.74, 6) is 0.267. The fourth-order valence-corrected chi connectivity index (χ4v) is 0.920. The van der Waals surface area contributed by atoms with Crippen LogP contribution in [0.2, 0.25) is 0 Å². The van der Waals surface area contributed by atoms with E-state index in [2.05, 4.69) is 0 Å². The zero-order valence-corrected chi connectivity index (χ0v) is 6.86. The van der Waals surface area contributed by atoms with E-state index in [0.717, 1.165) is 5.56 Å². The number of hydrogen-bond donors (Lipinski definition) is 2. The molecule has 0 unspecified atom stereocenters. The van der Waals surface area contributed by atoms with Crippen molar-refractivity contribution in [2.75, 3.05) is 13.2 Å². The van der Waals surface area contributed by atoms with Gasteiger partial charge in [-0.3, -0.25) is 0 Å². The van der Waals surface area contributed by atoms with Gasteiger partial charge >= 0.3 is 0 Å². The van der Waals surface area contributed by atoms with Gasteiger partial charge in [-0.25, -0.2) is 0 Å². The second-order valence-corrected chi connectivity index (χ2v) is 2.51. The van der Waals surface area contributed by atoms with Gasteiger partial charge in [0.05, 0.1) is 13.2 Å². The van der Waals surface area contributed by atoms with E-state index in [-0.39, 0.29) is 5.75 Å². The van der Waals surface area contributed by atoms with Gasteiger partial charge in [-0.05, 0) is 17.7 Å². The first-order chi connectivity index (χ1) is 5.83. The average molecular weight is 167 g/mol. The van der Waals surface area contributed by atoms with E-state index < -0.39 is 0 Å². The van der Waals surface area contributed by atoms with E-state index in [1.165, 1.54) is 0 Å². The maximum Gasteiger partial charge on any atom is 0.115 e. The van der Waals surface area contributed by atoms with Crippen LogP contribution < -0.4 is 5.73 Å². The first-order valence-corrected chi connectivity index (χ1v) is 3.88. The van der Waals surface area contributed by atoms with Crippen LogP contribution in [0.25, 0.3) is 0 Å². The van der Waals surface area contributed by atoms with Gasteiger partial charge in [-0.15, -0.1) is 0 Å². The number of ether oxygens (including phenoxy) is 1. The van der Waals surface area contributed by atoms with Crippen LogP contribution >= 0.6 is 0 Å². The quantitative estimate of drug-likeness (QED) is 0.654. The summed E-state index contributed by atoms with van der Waals surface area (Å²) in [5, 5.41) is 9.09. The Hall–Kier alpha value is -1.06. The van der Waals surface area contributed by atoms with Crippen molar-refractivity contribution in [3.05, 3.63) is 29.8 Å². The smallest absolute Gasteiger partial charge is 0.115 e. The molecule has 0 aliphatic carbocycles. The lowest BCUT2D eigenvalue weighted by molar-refractivity contribution is 0.128. The fraction of sp³-hybridized carbons (Fsp3) is 0.333. The van der Waals surface area contributed by atoms with E-state index in [0.29, 0.717) is 19.8 Å². The molecular formula is C9H13NO2. The van der Waals surface area contributed by atoms with Crippen molar-refractivity contribution in [3.63, 3.8) is 0 Å². The largest absolute Gasteiger partial charge is 0.508 e. The molecule has 3 heteroatoms. The SMILES string of the molecule is NCCOCc1cccc(O)c1. The molecule has 0 heterocycles. The molecule has 0 atom stereocenters.